The van der Waals surface area contributed by atoms with E-state index >= 15 is 0 Å². The Morgan fingerprint density at radius 1 is 1.05 bits per heavy atom. The molecule has 204 valence electrons. The zero-order valence-electron chi connectivity index (χ0n) is 23.4. The van der Waals surface area contributed by atoms with Gasteiger partial charge in [0.25, 0.3) is 0 Å². The average molecular weight is 528 g/mol. The van der Waals surface area contributed by atoms with E-state index in [0.29, 0.717) is 23.9 Å². The Morgan fingerprint density at radius 2 is 1.87 bits per heavy atom. The van der Waals surface area contributed by atoms with Crippen LogP contribution in [-0.2, 0) is 29.1 Å². The molecule has 0 radical (unpaired) electrons. The van der Waals surface area contributed by atoms with E-state index in [-0.39, 0.29) is 25.8 Å². The van der Waals surface area contributed by atoms with Gasteiger partial charge in [-0.3, -0.25) is 9.69 Å². The topological polar surface area (TPSA) is 65.8 Å². The first-order chi connectivity index (χ1) is 19.0. The molecule has 0 bridgehead atoms. The summed E-state index contributed by atoms with van der Waals surface area (Å²) in [5.41, 5.74) is 5.76. The summed E-state index contributed by atoms with van der Waals surface area (Å²) in [5.74, 6) is 1.83. The summed E-state index contributed by atoms with van der Waals surface area (Å²) >= 11 is 0. The van der Waals surface area contributed by atoms with Crippen LogP contribution < -0.4 is 14.4 Å². The smallest absolute Gasteiger partial charge is 0.248 e. The predicted molar refractivity (Wildman–Crippen MR) is 156 cm³/mol. The Labute approximate surface area is 230 Å². The molecule has 1 aromatic heterocycles. The number of amides is 1. The molecule has 7 nitrogen and oxygen atoms in total. The van der Waals surface area contributed by atoms with Gasteiger partial charge >= 0.3 is 0 Å². The van der Waals surface area contributed by atoms with Crippen molar-refractivity contribution < 1.29 is 19.0 Å². The summed E-state index contributed by atoms with van der Waals surface area (Å²) in [4.78, 5) is 20.5. The molecule has 0 spiro atoms. The van der Waals surface area contributed by atoms with E-state index in [2.05, 4.69) is 13.0 Å². The third kappa shape index (κ3) is 6.32. The quantitative estimate of drug-likeness (QED) is 0.195. The number of carbonyl (C=O) groups excluding carboxylic acids is 1. The van der Waals surface area contributed by atoms with Crippen LogP contribution in [0, 0.1) is 6.92 Å². The summed E-state index contributed by atoms with van der Waals surface area (Å²) < 4.78 is 19.4. The van der Waals surface area contributed by atoms with Crippen LogP contribution in [0.4, 0.5) is 5.69 Å². The van der Waals surface area contributed by atoms with Crippen molar-refractivity contribution in [2.75, 3.05) is 25.3 Å². The van der Waals surface area contributed by atoms with E-state index in [1.54, 1.807) is 12.0 Å². The first kappa shape index (κ1) is 27.9. The van der Waals surface area contributed by atoms with Gasteiger partial charge in [0.1, 0.15) is 25.7 Å². The molecule has 0 saturated heterocycles. The molecule has 4 rings (SSSR count). The highest BCUT2D eigenvalue weighted by Crippen LogP contribution is 2.30. The Hall–Kier alpha value is -4.10. The minimum absolute atomic E-state index is 0.0786. The molecule has 3 aromatic carbocycles. The van der Waals surface area contributed by atoms with Gasteiger partial charge < -0.3 is 18.8 Å². The number of carbonyl (C=O) groups is 1. The number of fused-ring (bicyclic) bond motifs is 1. The van der Waals surface area contributed by atoms with Crippen molar-refractivity contribution >= 4 is 28.7 Å². The molecule has 1 heterocycles. The number of aryl methyl sites for hydroxylation is 2. The van der Waals surface area contributed by atoms with Gasteiger partial charge in [-0.15, -0.1) is 0 Å². The molecule has 0 aliphatic rings. The molecule has 0 aliphatic carbocycles. The Balaban J connectivity index is 1.67. The van der Waals surface area contributed by atoms with Gasteiger partial charge in [0.2, 0.25) is 5.91 Å². The van der Waals surface area contributed by atoms with Crippen LogP contribution in [0.1, 0.15) is 43.3 Å². The van der Waals surface area contributed by atoms with Gasteiger partial charge in [-0.25, -0.2) is 4.98 Å². The van der Waals surface area contributed by atoms with Crippen molar-refractivity contribution in [3.8, 4) is 11.5 Å². The molecule has 7 heteroatoms. The lowest BCUT2D eigenvalue weighted by molar-refractivity contribution is -0.120. The summed E-state index contributed by atoms with van der Waals surface area (Å²) in [7, 11) is 1.62. The number of hydrogen-bond donors (Lipinski definition) is 0. The maximum absolute atomic E-state index is 13.9. The molecule has 4 aromatic rings. The van der Waals surface area contributed by atoms with E-state index in [4.69, 9.17) is 19.2 Å². The van der Waals surface area contributed by atoms with Crippen LogP contribution in [0.5, 0.6) is 11.5 Å². The van der Waals surface area contributed by atoms with Crippen LogP contribution in [0.3, 0.4) is 0 Å². The number of allylic oxidation sites excluding steroid dienone is 1. The molecular weight excluding hydrogens is 490 g/mol. The Kier molecular flexibility index (Phi) is 9.39. The number of rotatable bonds is 12. The summed E-state index contributed by atoms with van der Waals surface area (Å²) in [5, 5.41) is 0. The minimum Gasteiger partial charge on any atom is -0.493 e. The van der Waals surface area contributed by atoms with Crippen molar-refractivity contribution in [1.29, 1.82) is 0 Å². The third-order valence-electron chi connectivity index (χ3n) is 6.63. The average Bonchev–Trinajstić information content (AvgIpc) is 3.30. The summed E-state index contributed by atoms with van der Waals surface area (Å²) in [6.07, 6.45) is 4.79. The highest BCUT2D eigenvalue weighted by Gasteiger charge is 2.23. The number of anilines is 1. The first-order valence-corrected chi connectivity index (χ1v) is 13.3. The number of para-hydroxylation sites is 3. The lowest BCUT2D eigenvalue weighted by Crippen LogP contribution is -2.37. The van der Waals surface area contributed by atoms with Crippen LogP contribution >= 0.6 is 0 Å². The van der Waals surface area contributed by atoms with Crippen LogP contribution in [-0.4, -0.2) is 35.9 Å². The molecule has 0 unspecified atom stereocenters. The maximum atomic E-state index is 13.9. The molecule has 1 amide bonds. The lowest BCUT2D eigenvalue weighted by atomic mass is 10.0. The Bertz CT molecular complexity index is 1460. The van der Waals surface area contributed by atoms with E-state index in [1.807, 2.05) is 92.1 Å². The fourth-order valence-electron chi connectivity index (χ4n) is 4.71. The van der Waals surface area contributed by atoms with E-state index in [1.165, 1.54) is 0 Å². The van der Waals surface area contributed by atoms with Crippen molar-refractivity contribution in [3.05, 3.63) is 89.3 Å². The van der Waals surface area contributed by atoms with Crippen molar-refractivity contribution in [1.82, 2.24) is 9.55 Å². The van der Waals surface area contributed by atoms with Gasteiger partial charge in [0.05, 0.1) is 23.8 Å². The largest absolute Gasteiger partial charge is 0.493 e. The standard InChI is InChI=1S/C32H37N3O4/c1-6-12-24-17-18-28(29(19-24)37-5)39-21-30-33-26-15-9-10-16-27(26)34(30)20-31(36)35(22-38-8-3)32-23(4)13-11-14-25(32)7-2/h6,9-19H,7-8,20-22H2,1-5H3/b12-6-. The van der Waals surface area contributed by atoms with Gasteiger partial charge in [0, 0.05) is 6.61 Å². The highest BCUT2D eigenvalue weighted by molar-refractivity contribution is 5.95. The third-order valence-corrected chi connectivity index (χ3v) is 6.63. The normalized spacial score (nSPS) is 11.3. The number of aromatic nitrogens is 2. The summed E-state index contributed by atoms with van der Waals surface area (Å²) in [6, 6.07) is 19.7. The van der Waals surface area contributed by atoms with Crippen molar-refractivity contribution in [2.24, 2.45) is 0 Å². The van der Waals surface area contributed by atoms with E-state index in [0.717, 1.165) is 39.8 Å². The molecule has 0 N–H and O–H groups in total. The SMILES string of the molecule is C/C=C\c1ccc(OCc2nc3ccccc3n2CC(=O)N(COCC)c2c(C)cccc2CC)c(OC)c1. The fraction of sp³-hybridized carbons (Fsp3) is 0.312. The monoisotopic (exact) mass is 527 g/mol. The van der Waals surface area contributed by atoms with Crippen LogP contribution in [0.2, 0.25) is 0 Å². The number of benzene rings is 3. The number of nitrogens with zero attached hydrogens (tertiary/aromatic N) is 3. The van der Waals surface area contributed by atoms with E-state index in [9.17, 15) is 4.79 Å². The Morgan fingerprint density at radius 3 is 2.62 bits per heavy atom. The molecule has 0 saturated carbocycles. The molecule has 0 fully saturated rings. The van der Waals surface area contributed by atoms with Gasteiger partial charge in [0.15, 0.2) is 11.5 Å². The predicted octanol–water partition coefficient (Wildman–Crippen LogP) is 6.56. The number of hydrogen-bond acceptors (Lipinski definition) is 5. The van der Waals surface area contributed by atoms with Crippen molar-refractivity contribution in [3.63, 3.8) is 0 Å². The van der Waals surface area contributed by atoms with Crippen LogP contribution in [0.25, 0.3) is 17.1 Å². The number of imidazole rings is 1. The first-order valence-electron chi connectivity index (χ1n) is 13.3. The zero-order valence-corrected chi connectivity index (χ0v) is 23.4. The molecule has 39 heavy (non-hydrogen) atoms. The molecular formula is C32H37N3O4. The second-order valence-electron chi connectivity index (χ2n) is 9.18. The fourth-order valence-corrected chi connectivity index (χ4v) is 4.71. The van der Waals surface area contributed by atoms with Gasteiger partial charge in [-0.2, -0.15) is 0 Å². The summed E-state index contributed by atoms with van der Waals surface area (Å²) in [6.45, 7) is 9.00. The minimum atomic E-state index is -0.0786. The van der Waals surface area contributed by atoms with Crippen LogP contribution in [0.15, 0.2) is 66.7 Å². The maximum Gasteiger partial charge on any atom is 0.248 e. The number of ether oxygens (including phenoxy) is 3. The van der Waals surface area contributed by atoms with Gasteiger partial charge in [-0.1, -0.05) is 55.5 Å². The second kappa shape index (κ2) is 13.1. The number of methoxy groups -OCH3 is 1. The lowest BCUT2D eigenvalue weighted by Gasteiger charge is -2.27. The van der Waals surface area contributed by atoms with Gasteiger partial charge in [-0.05, 0) is 68.1 Å². The highest BCUT2D eigenvalue weighted by atomic mass is 16.5. The molecule has 0 atom stereocenters. The molecule has 0 aliphatic heterocycles. The zero-order chi connectivity index (χ0) is 27.8. The van der Waals surface area contributed by atoms with Crippen molar-refractivity contribution in [2.45, 2.75) is 47.3 Å². The second-order valence-corrected chi connectivity index (χ2v) is 9.18. The van der Waals surface area contributed by atoms with E-state index < -0.39 is 0 Å².